The number of carbonyl (C=O) groups excluding carboxylic acids is 2. The van der Waals surface area contributed by atoms with Crippen molar-refractivity contribution in [1.29, 1.82) is 0 Å². The summed E-state index contributed by atoms with van der Waals surface area (Å²) in [6.45, 7) is 5.63. The van der Waals surface area contributed by atoms with E-state index in [1.54, 1.807) is 0 Å². The second-order valence-corrected chi connectivity index (χ2v) is 2.95. The molecule has 0 fully saturated rings. The lowest BCUT2D eigenvalue weighted by Crippen LogP contribution is -2.25. The van der Waals surface area contributed by atoms with E-state index >= 15 is 0 Å². The Kier molecular flexibility index (Phi) is 13.0. The average Bonchev–Trinajstić information content (AvgIpc) is 2.14. The van der Waals surface area contributed by atoms with Crippen LogP contribution in [-0.4, -0.2) is 49.3 Å². The molecule has 17 heavy (non-hydrogen) atoms. The zero-order valence-electron chi connectivity index (χ0n) is 10.3. The van der Waals surface area contributed by atoms with Crippen molar-refractivity contribution in [2.24, 2.45) is 0 Å². The normalized spacial score (nSPS) is 8.65. The highest BCUT2D eigenvalue weighted by atomic mass is 16.5. The van der Waals surface area contributed by atoms with Gasteiger partial charge in [0, 0.05) is 33.9 Å². The van der Waals surface area contributed by atoms with E-state index in [1.165, 1.54) is 13.8 Å². The summed E-state index contributed by atoms with van der Waals surface area (Å²) in [7, 11) is 0. The summed E-state index contributed by atoms with van der Waals surface area (Å²) >= 11 is 0. The standard InChI is InChI=1S/C8H15NO4.C2H4O2/c1-7(10)12-5-3-9-4-6-13-8(2)11;1-2(3)4/h9H,3-6H2,1-2H3;1H3,(H,3,4). The van der Waals surface area contributed by atoms with Crippen LogP contribution in [0.1, 0.15) is 20.8 Å². The number of hydrogen-bond donors (Lipinski definition) is 2. The third kappa shape index (κ3) is 31.4. The third-order valence-electron chi connectivity index (χ3n) is 1.17. The van der Waals surface area contributed by atoms with Crippen LogP contribution < -0.4 is 5.32 Å². The lowest BCUT2D eigenvalue weighted by molar-refractivity contribution is -0.141. The van der Waals surface area contributed by atoms with Gasteiger partial charge in [0.1, 0.15) is 13.2 Å². The summed E-state index contributed by atoms with van der Waals surface area (Å²) in [5.74, 6) is -1.41. The number of esters is 2. The van der Waals surface area contributed by atoms with Crippen LogP contribution in [0.4, 0.5) is 0 Å². The van der Waals surface area contributed by atoms with Gasteiger partial charge in [-0.2, -0.15) is 0 Å². The van der Waals surface area contributed by atoms with Gasteiger partial charge in [0.2, 0.25) is 0 Å². The summed E-state index contributed by atoms with van der Waals surface area (Å²) < 4.78 is 9.32. The molecular formula is C10H19NO6. The Morgan fingerprint density at radius 3 is 1.47 bits per heavy atom. The maximum absolute atomic E-state index is 10.3. The van der Waals surface area contributed by atoms with Gasteiger partial charge in [-0.05, 0) is 0 Å². The van der Waals surface area contributed by atoms with Crippen molar-refractivity contribution < 1.29 is 29.0 Å². The van der Waals surface area contributed by atoms with Gasteiger partial charge in [0.25, 0.3) is 5.97 Å². The van der Waals surface area contributed by atoms with Crippen LogP contribution in [0, 0.1) is 0 Å². The highest BCUT2D eigenvalue weighted by Crippen LogP contribution is 1.76. The highest BCUT2D eigenvalue weighted by Gasteiger charge is 1.93. The van der Waals surface area contributed by atoms with Crippen LogP contribution in [0.2, 0.25) is 0 Å². The van der Waals surface area contributed by atoms with Gasteiger partial charge in [-0.1, -0.05) is 0 Å². The molecule has 0 saturated heterocycles. The lowest BCUT2D eigenvalue weighted by atomic mass is 10.6. The molecule has 0 aliphatic carbocycles. The number of nitrogens with one attached hydrogen (secondary N) is 1. The molecule has 0 rings (SSSR count). The van der Waals surface area contributed by atoms with E-state index in [4.69, 9.17) is 9.90 Å². The first-order valence-corrected chi connectivity index (χ1v) is 5.03. The molecule has 0 spiro atoms. The van der Waals surface area contributed by atoms with Crippen molar-refractivity contribution in [3.63, 3.8) is 0 Å². The zero-order chi connectivity index (χ0) is 13.7. The van der Waals surface area contributed by atoms with Crippen LogP contribution in [0.5, 0.6) is 0 Å². The smallest absolute Gasteiger partial charge is 0.302 e. The fourth-order valence-electron chi connectivity index (χ4n) is 0.659. The van der Waals surface area contributed by atoms with Gasteiger partial charge in [-0.3, -0.25) is 14.4 Å². The zero-order valence-corrected chi connectivity index (χ0v) is 10.3. The van der Waals surface area contributed by atoms with Gasteiger partial charge in [-0.25, -0.2) is 0 Å². The number of carbonyl (C=O) groups is 3. The number of rotatable bonds is 6. The summed E-state index contributed by atoms with van der Waals surface area (Å²) in [4.78, 5) is 29.6. The number of aliphatic carboxylic acids is 1. The van der Waals surface area contributed by atoms with Crippen LogP contribution in [0.25, 0.3) is 0 Å². The fraction of sp³-hybridized carbons (Fsp3) is 0.700. The topological polar surface area (TPSA) is 102 Å². The number of carboxylic acids is 1. The van der Waals surface area contributed by atoms with E-state index in [-0.39, 0.29) is 11.9 Å². The summed E-state index contributed by atoms with van der Waals surface area (Å²) in [5.41, 5.74) is 0. The molecule has 7 heteroatoms. The third-order valence-corrected chi connectivity index (χ3v) is 1.17. The Morgan fingerprint density at radius 2 is 1.24 bits per heavy atom. The van der Waals surface area contributed by atoms with Crippen molar-refractivity contribution in [2.45, 2.75) is 20.8 Å². The molecule has 100 valence electrons. The average molecular weight is 249 g/mol. The maximum Gasteiger partial charge on any atom is 0.302 e. The van der Waals surface area contributed by atoms with E-state index < -0.39 is 5.97 Å². The first kappa shape index (κ1) is 17.8. The Labute approximate surface area is 100 Å². The van der Waals surface area contributed by atoms with Crippen LogP contribution >= 0.6 is 0 Å². The Bertz CT molecular complexity index is 219. The number of carboxylic acid groups (broad SMARTS) is 1. The molecule has 0 radical (unpaired) electrons. The van der Waals surface area contributed by atoms with Crippen molar-refractivity contribution in [3.8, 4) is 0 Å². The van der Waals surface area contributed by atoms with E-state index in [9.17, 15) is 9.59 Å². The van der Waals surface area contributed by atoms with E-state index in [2.05, 4.69) is 14.8 Å². The molecule has 7 nitrogen and oxygen atoms in total. The maximum atomic E-state index is 10.3. The molecule has 0 saturated carbocycles. The summed E-state index contributed by atoms with van der Waals surface area (Å²) in [5, 5.41) is 10.4. The lowest BCUT2D eigenvalue weighted by Gasteiger charge is -2.04. The predicted octanol–water partition coefficient (Wildman–Crippen LogP) is -0.207. The number of hydrogen-bond acceptors (Lipinski definition) is 6. The molecule has 0 aromatic carbocycles. The molecule has 0 unspecified atom stereocenters. The number of ether oxygens (including phenoxy) is 2. The molecule has 2 N–H and O–H groups in total. The summed E-state index contributed by atoms with van der Waals surface area (Å²) in [6.07, 6.45) is 0. The minimum absolute atomic E-state index is 0.290. The molecule has 0 aliphatic heterocycles. The second kappa shape index (κ2) is 12.4. The van der Waals surface area contributed by atoms with Gasteiger partial charge in [0.15, 0.2) is 0 Å². The fourth-order valence-corrected chi connectivity index (χ4v) is 0.659. The Morgan fingerprint density at radius 1 is 0.941 bits per heavy atom. The van der Waals surface area contributed by atoms with Gasteiger partial charge in [0.05, 0.1) is 0 Å². The van der Waals surface area contributed by atoms with E-state index in [0.29, 0.717) is 26.3 Å². The monoisotopic (exact) mass is 249 g/mol. The van der Waals surface area contributed by atoms with Gasteiger partial charge < -0.3 is 19.9 Å². The van der Waals surface area contributed by atoms with Gasteiger partial charge in [-0.15, -0.1) is 0 Å². The van der Waals surface area contributed by atoms with Crippen molar-refractivity contribution in [3.05, 3.63) is 0 Å². The minimum atomic E-state index is -0.833. The highest BCUT2D eigenvalue weighted by molar-refractivity contribution is 5.66. The molecule has 0 amide bonds. The second-order valence-electron chi connectivity index (χ2n) is 2.95. The first-order valence-electron chi connectivity index (χ1n) is 5.03. The van der Waals surface area contributed by atoms with Crippen LogP contribution in [-0.2, 0) is 23.9 Å². The molecule has 0 bridgehead atoms. The summed E-state index contributed by atoms with van der Waals surface area (Å²) in [6, 6.07) is 0. The Hall–Kier alpha value is -1.63. The van der Waals surface area contributed by atoms with E-state index in [0.717, 1.165) is 6.92 Å². The SMILES string of the molecule is CC(=O)O.CC(=O)OCCNCCOC(C)=O. The predicted molar refractivity (Wildman–Crippen MR) is 59.4 cm³/mol. The molecular weight excluding hydrogens is 230 g/mol. The van der Waals surface area contributed by atoms with Crippen molar-refractivity contribution in [1.82, 2.24) is 5.32 Å². The quantitative estimate of drug-likeness (QED) is 0.496. The molecule has 0 heterocycles. The molecule has 0 aromatic rings. The van der Waals surface area contributed by atoms with Crippen molar-refractivity contribution >= 4 is 17.9 Å². The van der Waals surface area contributed by atoms with Gasteiger partial charge >= 0.3 is 11.9 Å². The minimum Gasteiger partial charge on any atom is -0.481 e. The van der Waals surface area contributed by atoms with Crippen molar-refractivity contribution in [2.75, 3.05) is 26.3 Å². The van der Waals surface area contributed by atoms with E-state index in [1.807, 2.05) is 0 Å². The molecule has 0 atom stereocenters. The Balaban J connectivity index is 0. The molecule has 0 aliphatic rings. The first-order chi connectivity index (χ1) is 7.86. The molecule has 0 aromatic heterocycles. The largest absolute Gasteiger partial charge is 0.481 e. The van der Waals surface area contributed by atoms with Crippen LogP contribution in [0.3, 0.4) is 0 Å². The van der Waals surface area contributed by atoms with Crippen LogP contribution in [0.15, 0.2) is 0 Å².